The number of amides is 3. The summed E-state index contributed by atoms with van der Waals surface area (Å²) in [4.78, 5) is 39.6. The number of nitrogens with zero attached hydrogens (tertiary/aromatic N) is 1. The highest BCUT2D eigenvalue weighted by Gasteiger charge is 2.35. The van der Waals surface area contributed by atoms with Crippen LogP contribution in [0, 0.1) is 0 Å². The highest BCUT2D eigenvalue weighted by atomic mass is 16.6. The van der Waals surface area contributed by atoms with Crippen molar-refractivity contribution in [2.24, 2.45) is 0 Å². The number of benzene rings is 1. The Labute approximate surface area is 190 Å². The van der Waals surface area contributed by atoms with Gasteiger partial charge < -0.3 is 30.5 Å². The molecule has 4 N–H and O–H groups in total. The Hall–Kier alpha value is -2.81. The van der Waals surface area contributed by atoms with E-state index in [9.17, 15) is 24.6 Å². The normalized spacial score (nSPS) is 13.1. The molecule has 0 aliphatic heterocycles. The van der Waals surface area contributed by atoms with Crippen LogP contribution >= 0.6 is 0 Å². The first-order chi connectivity index (χ1) is 15.0. The summed E-state index contributed by atoms with van der Waals surface area (Å²) in [6.07, 6.45) is 1.94. The van der Waals surface area contributed by atoms with Crippen LogP contribution in [0.5, 0.6) is 5.75 Å². The highest BCUT2D eigenvalue weighted by Crippen LogP contribution is 2.29. The molecule has 3 amide bonds. The van der Waals surface area contributed by atoms with Gasteiger partial charge in [-0.25, -0.2) is 4.79 Å². The summed E-state index contributed by atoms with van der Waals surface area (Å²) < 4.78 is 5.20. The molecule has 0 radical (unpaired) electrons. The third-order valence-electron chi connectivity index (χ3n) is 4.60. The third-order valence-corrected chi connectivity index (χ3v) is 4.60. The minimum absolute atomic E-state index is 0.148. The van der Waals surface area contributed by atoms with Crippen LogP contribution < -0.4 is 10.6 Å². The van der Waals surface area contributed by atoms with Crippen molar-refractivity contribution in [3.8, 4) is 5.75 Å². The van der Waals surface area contributed by atoms with Gasteiger partial charge in [0.2, 0.25) is 11.8 Å². The molecule has 1 aromatic carbocycles. The molecule has 9 heteroatoms. The zero-order chi connectivity index (χ0) is 24.3. The molecule has 0 aromatic heterocycles. The van der Waals surface area contributed by atoms with Crippen molar-refractivity contribution in [3.63, 3.8) is 0 Å². The molecule has 0 saturated heterocycles. The lowest BCUT2D eigenvalue weighted by Gasteiger charge is -2.33. The van der Waals surface area contributed by atoms with Crippen LogP contribution in [0.4, 0.5) is 4.79 Å². The van der Waals surface area contributed by atoms with Gasteiger partial charge in [-0.15, -0.1) is 0 Å². The molecule has 1 aromatic rings. The number of ether oxygens (including phenoxy) is 1. The molecule has 180 valence electrons. The minimum atomic E-state index is -1.18. The summed E-state index contributed by atoms with van der Waals surface area (Å²) in [6, 6.07) is 4.03. The average Bonchev–Trinajstić information content (AvgIpc) is 2.70. The topological polar surface area (TPSA) is 128 Å². The maximum atomic E-state index is 13.2. The van der Waals surface area contributed by atoms with Crippen LogP contribution in [0.15, 0.2) is 24.3 Å². The highest BCUT2D eigenvalue weighted by molar-refractivity contribution is 5.92. The van der Waals surface area contributed by atoms with Gasteiger partial charge in [-0.2, -0.15) is 0 Å². The number of para-hydroxylation sites is 1. The second kappa shape index (κ2) is 12.9. The van der Waals surface area contributed by atoms with E-state index in [1.165, 1.54) is 13.0 Å². The molecule has 0 heterocycles. The molecule has 0 bridgehead atoms. The predicted molar refractivity (Wildman–Crippen MR) is 121 cm³/mol. The van der Waals surface area contributed by atoms with Gasteiger partial charge in [-0.3, -0.25) is 9.59 Å². The monoisotopic (exact) mass is 451 g/mol. The SMILES string of the molecule is CCCCCNC(=O)C(c1ccccc1O)N(CCO)C(=O)C(C)NC(=O)OC(C)(C)C. The number of carbonyl (C=O) groups excluding carboxylic acids is 3. The van der Waals surface area contributed by atoms with Crippen molar-refractivity contribution in [2.75, 3.05) is 19.7 Å². The number of nitrogens with one attached hydrogen (secondary N) is 2. The van der Waals surface area contributed by atoms with Gasteiger partial charge in [0.1, 0.15) is 23.4 Å². The van der Waals surface area contributed by atoms with Crippen molar-refractivity contribution < 1.29 is 29.3 Å². The molecule has 0 saturated carbocycles. The van der Waals surface area contributed by atoms with E-state index in [1.807, 2.05) is 6.92 Å². The summed E-state index contributed by atoms with van der Waals surface area (Å²) in [5.41, 5.74) is -0.513. The number of unbranched alkanes of at least 4 members (excludes halogenated alkanes) is 2. The van der Waals surface area contributed by atoms with E-state index in [1.54, 1.807) is 39.0 Å². The molecule has 0 spiro atoms. The Morgan fingerprint density at radius 3 is 2.38 bits per heavy atom. The first-order valence-corrected chi connectivity index (χ1v) is 11.0. The second-order valence-electron chi connectivity index (χ2n) is 8.58. The van der Waals surface area contributed by atoms with E-state index in [0.717, 1.165) is 24.2 Å². The van der Waals surface area contributed by atoms with Crippen LogP contribution in [0.25, 0.3) is 0 Å². The van der Waals surface area contributed by atoms with Gasteiger partial charge in [-0.1, -0.05) is 38.0 Å². The Bertz CT molecular complexity index is 762. The lowest BCUT2D eigenvalue weighted by Crippen LogP contribution is -2.52. The number of alkyl carbamates (subject to hydrolysis) is 1. The van der Waals surface area contributed by atoms with E-state index >= 15 is 0 Å². The van der Waals surface area contributed by atoms with E-state index in [0.29, 0.717) is 6.54 Å². The number of rotatable bonds is 11. The Kier molecular flexibility index (Phi) is 11.0. The zero-order valence-corrected chi connectivity index (χ0v) is 19.7. The van der Waals surface area contributed by atoms with Crippen molar-refractivity contribution in [1.29, 1.82) is 0 Å². The summed E-state index contributed by atoms with van der Waals surface area (Å²) in [5, 5.41) is 25.3. The van der Waals surface area contributed by atoms with Gasteiger partial charge in [0.25, 0.3) is 0 Å². The number of phenolic OH excluding ortho intramolecular Hbond substituents is 1. The molecule has 0 aliphatic rings. The van der Waals surface area contributed by atoms with Crippen LogP contribution in [0.1, 0.15) is 65.5 Å². The largest absolute Gasteiger partial charge is 0.508 e. The fourth-order valence-corrected chi connectivity index (χ4v) is 3.12. The number of phenols is 1. The second-order valence-corrected chi connectivity index (χ2v) is 8.58. The van der Waals surface area contributed by atoms with Gasteiger partial charge in [0, 0.05) is 18.7 Å². The van der Waals surface area contributed by atoms with Crippen LogP contribution in [0.3, 0.4) is 0 Å². The van der Waals surface area contributed by atoms with Gasteiger partial charge in [-0.05, 0) is 40.2 Å². The van der Waals surface area contributed by atoms with E-state index in [-0.39, 0.29) is 17.9 Å². The first kappa shape index (κ1) is 27.2. The van der Waals surface area contributed by atoms with Crippen molar-refractivity contribution in [1.82, 2.24) is 15.5 Å². The fraction of sp³-hybridized carbons (Fsp3) is 0.609. The Morgan fingerprint density at radius 1 is 1.16 bits per heavy atom. The van der Waals surface area contributed by atoms with Crippen LogP contribution in [-0.2, 0) is 14.3 Å². The lowest BCUT2D eigenvalue weighted by atomic mass is 10.0. The van der Waals surface area contributed by atoms with Gasteiger partial charge >= 0.3 is 6.09 Å². The standard InChI is InChI=1S/C23H37N3O6/c1-6-7-10-13-24-20(29)19(17-11-8-9-12-18(17)28)26(14-15-27)21(30)16(2)25-22(31)32-23(3,4)5/h8-9,11-12,16,19,27-28H,6-7,10,13-15H2,1-5H3,(H,24,29)(H,25,31). The smallest absolute Gasteiger partial charge is 0.408 e. The number of hydrogen-bond acceptors (Lipinski definition) is 6. The van der Waals surface area contributed by atoms with E-state index in [2.05, 4.69) is 10.6 Å². The van der Waals surface area contributed by atoms with Crippen LogP contribution in [-0.4, -0.2) is 64.4 Å². The summed E-state index contributed by atoms with van der Waals surface area (Å²) in [6.45, 7) is 8.48. The average molecular weight is 452 g/mol. The first-order valence-electron chi connectivity index (χ1n) is 11.0. The molecular weight excluding hydrogens is 414 g/mol. The lowest BCUT2D eigenvalue weighted by molar-refractivity contribution is -0.142. The summed E-state index contributed by atoms with van der Waals surface area (Å²) in [5.74, 6) is -1.22. The fourth-order valence-electron chi connectivity index (χ4n) is 3.12. The number of carbonyl (C=O) groups is 3. The number of hydrogen-bond donors (Lipinski definition) is 4. The molecule has 32 heavy (non-hydrogen) atoms. The van der Waals surface area contributed by atoms with Crippen LogP contribution in [0.2, 0.25) is 0 Å². The quantitative estimate of drug-likeness (QED) is 0.383. The number of aliphatic hydroxyl groups excluding tert-OH is 1. The third kappa shape index (κ3) is 8.74. The van der Waals surface area contributed by atoms with E-state index < -0.39 is 42.2 Å². The maximum absolute atomic E-state index is 13.2. The van der Waals surface area contributed by atoms with Crippen molar-refractivity contribution >= 4 is 17.9 Å². The van der Waals surface area contributed by atoms with Gasteiger partial charge in [0.05, 0.1) is 6.61 Å². The number of aliphatic hydroxyl groups is 1. The van der Waals surface area contributed by atoms with E-state index in [4.69, 9.17) is 4.74 Å². The zero-order valence-electron chi connectivity index (χ0n) is 19.7. The van der Waals surface area contributed by atoms with Crippen molar-refractivity contribution in [3.05, 3.63) is 29.8 Å². The Balaban J connectivity index is 3.17. The molecule has 9 nitrogen and oxygen atoms in total. The minimum Gasteiger partial charge on any atom is -0.508 e. The number of aromatic hydroxyl groups is 1. The molecule has 2 unspecified atom stereocenters. The maximum Gasteiger partial charge on any atom is 0.408 e. The molecule has 2 atom stereocenters. The Morgan fingerprint density at radius 2 is 1.81 bits per heavy atom. The summed E-state index contributed by atoms with van der Waals surface area (Å²) >= 11 is 0. The molecule has 0 fully saturated rings. The predicted octanol–water partition coefficient (Wildman–Crippen LogP) is 2.47. The van der Waals surface area contributed by atoms with Crippen molar-refractivity contribution in [2.45, 2.75) is 71.6 Å². The van der Waals surface area contributed by atoms with Gasteiger partial charge in [0.15, 0.2) is 0 Å². The molecule has 0 aliphatic carbocycles. The molecule has 1 rings (SSSR count). The summed E-state index contributed by atoms with van der Waals surface area (Å²) in [7, 11) is 0. The molecular formula is C23H37N3O6.